The van der Waals surface area contributed by atoms with E-state index in [1.165, 1.54) is 43.3 Å². The number of methoxy groups -OCH3 is 3. The van der Waals surface area contributed by atoms with Crippen LogP contribution in [0.5, 0.6) is 23.0 Å². The molecule has 13 nitrogen and oxygen atoms in total. The zero-order chi connectivity index (χ0) is 34.7. The van der Waals surface area contributed by atoms with Gasteiger partial charge in [0.15, 0.2) is 22.8 Å². The van der Waals surface area contributed by atoms with Gasteiger partial charge in [-0.1, -0.05) is 15.9 Å². The number of carboxylic acid groups (broad SMARTS) is 1. The van der Waals surface area contributed by atoms with E-state index in [0.717, 1.165) is 0 Å². The van der Waals surface area contributed by atoms with Gasteiger partial charge in [-0.05, 0) is 24.7 Å². The number of carbonyl (C=O) groups is 3. The van der Waals surface area contributed by atoms with E-state index in [1.54, 1.807) is 6.07 Å². The Labute approximate surface area is 279 Å². The maximum Gasteiger partial charge on any atom is 0.432 e. The third-order valence-electron chi connectivity index (χ3n) is 8.57. The number of alkyl halides is 4. The number of fused-ring (bicyclic) bond motifs is 4. The number of carbonyl (C=O) groups excluding carboxylic acids is 2. The zero-order valence-electron chi connectivity index (χ0n) is 26.1. The zero-order valence-corrected chi connectivity index (χ0v) is 27.7. The van der Waals surface area contributed by atoms with Gasteiger partial charge >= 0.3 is 18.2 Å². The van der Waals surface area contributed by atoms with Crippen LogP contribution in [-0.2, 0) is 6.18 Å². The topological polar surface area (TPSA) is 147 Å². The van der Waals surface area contributed by atoms with Gasteiger partial charge in [-0.15, -0.1) is 0 Å². The second kappa shape index (κ2) is 12.4. The number of nitrogens with zero attached hydrogens (tertiary/aromatic N) is 3. The number of amides is 2. The number of carboxylic acids is 1. The van der Waals surface area contributed by atoms with Crippen molar-refractivity contribution in [3.05, 3.63) is 40.8 Å². The molecule has 2 aliphatic heterocycles. The van der Waals surface area contributed by atoms with Crippen molar-refractivity contribution in [2.45, 2.75) is 12.1 Å². The van der Waals surface area contributed by atoms with Gasteiger partial charge < -0.3 is 48.2 Å². The largest absolute Gasteiger partial charge is 0.493 e. The number of ether oxygens (including phenoxy) is 4. The minimum absolute atomic E-state index is 0.0587. The fourth-order valence-electron chi connectivity index (χ4n) is 6.26. The molecule has 2 N–H and O–H groups in total. The molecule has 0 unspecified atom stereocenters. The Balaban J connectivity index is 1.53. The first-order valence-electron chi connectivity index (χ1n) is 14.6. The normalized spacial score (nSPS) is 16.8. The summed E-state index contributed by atoms with van der Waals surface area (Å²) in [5.41, 5.74) is -2.47. The van der Waals surface area contributed by atoms with E-state index in [0.29, 0.717) is 37.3 Å². The number of halogens is 4. The molecular formula is C31H30BrF3N4O9. The lowest BCUT2D eigenvalue weighted by molar-refractivity contribution is -0.141. The number of hydrogen-bond donors (Lipinski definition) is 2. The van der Waals surface area contributed by atoms with Gasteiger partial charge in [0.05, 0.1) is 38.1 Å². The lowest BCUT2D eigenvalue weighted by Gasteiger charge is -2.31. The van der Waals surface area contributed by atoms with Crippen molar-refractivity contribution in [3.63, 3.8) is 0 Å². The van der Waals surface area contributed by atoms with Crippen LogP contribution in [0.4, 0.5) is 23.7 Å². The van der Waals surface area contributed by atoms with E-state index in [9.17, 15) is 32.7 Å². The predicted molar refractivity (Wildman–Crippen MR) is 169 cm³/mol. The van der Waals surface area contributed by atoms with E-state index in [4.69, 9.17) is 23.4 Å². The molecule has 6 rings (SSSR count). The first-order chi connectivity index (χ1) is 22.8. The van der Waals surface area contributed by atoms with Gasteiger partial charge in [0.1, 0.15) is 5.69 Å². The van der Waals surface area contributed by atoms with E-state index >= 15 is 0 Å². The molecule has 0 bridgehead atoms. The summed E-state index contributed by atoms with van der Waals surface area (Å²) in [5.74, 6) is -2.98. The van der Waals surface area contributed by atoms with Gasteiger partial charge in [0.25, 0.3) is 5.91 Å². The molecule has 1 atom stereocenters. The van der Waals surface area contributed by atoms with Crippen LogP contribution in [0.15, 0.2) is 22.6 Å². The average Bonchev–Trinajstić information content (AvgIpc) is 3.77. The number of aromatic nitrogens is 1. The fraction of sp³-hybridized carbons (Fsp3) is 0.387. The lowest BCUT2D eigenvalue weighted by Crippen LogP contribution is -2.48. The summed E-state index contributed by atoms with van der Waals surface area (Å²) in [5, 5.41) is 10.4. The van der Waals surface area contributed by atoms with E-state index in [2.05, 4.69) is 20.9 Å². The standard InChI is InChI=1S/C31H30BrF3N4O9/c1-37-5-7-38(8-6-37)30(43)48-17-11-16-20(21-22(29(41)42)27(31(33,34)35)36-23(17)21)15(12-32)13-39(16)28(40)19-10-14-9-18(44-2)25(45-3)26(46-4)24(14)47-19/h9-11,15,36H,5-8,12-13H2,1-4H3,(H,41,42)/t15-/m1/s1. The van der Waals surface area contributed by atoms with Gasteiger partial charge in [0.2, 0.25) is 11.5 Å². The molecule has 4 heterocycles. The second-order valence-electron chi connectivity index (χ2n) is 11.3. The highest BCUT2D eigenvalue weighted by atomic mass is 79.9. The molecule has 256 valence electrons. The van der Waals surface area contributed by atoms with Crippen LogP contribution < -0.4 is 23.8 Å². The Bertz CT molecular complexity index is 1950. The van der Waals surface area contributed by atoms with Crippen LogP contribution in [0.3, 0.4) is 0 Å². The second-order valence-corrected chi connectivity index (χ2v) is 12.0. The summed E-state index contributed by atoms with van der Waals surface area (Å²) in [6.07, 6.45) is -5.92. The molecule has 17 heteroatoms. The number of aromatic carboxylic acids is 1. The molecule has 1 fully saturated rings. The summed E-state index contributed by atoms with van der Waals surface area (Å²) in [4.78, 5) is 46.8. The maximum absolute atomic E-state index is 14.3. The molecule has 48 heavy (non-hydrogen) atoms. The van der Waals surface area contributed by atoms with Crippen LogP contribution in [-0.4, -0.2) is 104 Å². The Morgan fingerprint density at radius 2 is 1.71 bits per heavy atom. The van der Waals surface area contributed by atoms with Crippen LogP contribution in [0.1, 0.15) is 38.1 Å². The number of nitrogens with one attached hydrogen (secondary N) is 1. The van der Waals surface area contributed by atoms with Gasteiger partial charge in [-0.2, -0.15) is 13.2 Å². The number of rotatable bonds is 7. The summed E-state index contributed by atoms with van der Waals surface area (Å²) >= 11 is 3.39. The third-order valence-corrected chi connectivity index (χ3v) is 9.35. The van der Waals surface area contributed by atoms with Crippen molar-refractivity contribution in [2.24, 2.45) is 0 Å². The average molecular weight is 739 g/mol. The van der Waals surface area contributed by atoms with Gasteiger partial charge in [0, 0.05) is 60.8 Å². The van der Waals surface area contributed by atoms with Crippen molar-refractivity contribution in [1.82, 2.24) is 14.8 Å². The predicted octanol–water partition coefficient (Wildman–Crippen LogP) is 5.54. The van der Waals surface area contributed by atoms with Crippen molar-refractivity contribution < 1.29 is 56.0 Å². The Morgan fingerprint density at radius 3 is 2.29 bits per heavy atom. The number of hydrogen-bond acceptors (Lipinski definition) is 9. The molecule has 1 saturated heterocycles. The molecular weight excluding hydrogens is 709 g/mol. The van der Waals surface area contributed by atoms with Crippen molar-refractivity contribution >= 4 is 61.5 Å². The van der Waals surface area contributed by atoms with Crippen LogP contribution in [0.25, 0.3) is 21.9 Å². The van der Waals surface area contributed by atoms with E-state index in [1.807, 2.05) is 11.9 Å². The maximum atomic E-state index is 14.3. The molecule has 0 spiro atoms. The Kier molecular flexibility index (Phi) is 8.61. The third kappa shape index (κ3) is 5.43. The minimum Gasteiger partial charge on any atom is -0.493 e. The molecule has 2 aromatic carbocycles. The molecule has 2 aliphatic rings. The van der Waals surface area contributed by atoms with E-state index in [-0.39, 0.29) is 62.6 Å². The molecule has 0 saturated carbocycles. The van der Waals surface area contributed by atoms with Crippen molar-refractivity contribution in [2.75, 3.05) is 71.3 Å². The SMILES string of the molecule is COc1cc2cc(C(=O)N3C[C@@H](CBr)c4c3cc(OC(=O)N3CCN(C)CC3)c3[nH]c(C(F)(F)F)c(C(=O)O)c43)oc2c(OC)c1OC. The molecule has 0 radical (unpaired) electrons. The fourth-order valence-corrected chi connectivity index (χ4v) is 6.78. The number of likely N-dealkylation sites (N-methyl/N-ethyl adjacent to an activating group) is 1. The monoisotopic (exact) mass is 738 g/mol. The molecule has 0 aliphatic carbocycles. The Morgan fingerprint density at radius 1 is 1.02 bits per heavy atom. The van der Waals surface area contributed by atoms with Crippen molar-refractivity contribution in [1.29, 1.82) is 0 Å². The van der Waals surface area contributed by atoms with Gasteiger partial charge in [-0.3, -0.25) is 4.79 Å². The smallest absolute Gasteiger partial charge is 0.432 e. The highest BCUT2D eigenvalue weighted by molar-refractivity contribution is 9.09. The van der Waals surface area contributed by atoms with Gasteiger partial charge in [-0.25, -0.2) is 9.59 Å². The number of H-pyrrole nitrogens is 1. The van der Waals surface area contributed by atoms with Crippen LogP contribution >= 0.6 is 15.9 Å². The van der Waals surface area contributed by atoms with Crippen LogP contribution in [0.2, 0.25) is 0 Å². The summed E-state index contributed by atoms with van der Waals surface area (Å²) in [6, 6.07) is 4.33. The highest BCUT2D eigenvalue weighted by Crippen LogP contribution is 2.50. The highest BCUT2D eigenvalue weighted by Gasteiger charge is 2.44. The summed E-state index contributed by atoms with van der Waals surface area (Å²) in [7, 11) is 6.12. The first-order valence-corrected chi connectivity index (χ1v) is 15.7. The molecule has 2 amide bonds. The lowest BCUT2D eigenvalue weighted by atomic mass is 9.95. The Hall–Kier alpha value is -4.64. The summed E-state index contributed by atoms with van der Waals surface area (Å²) < 4.78 is 70.7. The number of benzene rings is 2. The molecule has 2 aromatic heterocycles. The van der Waals surface area contributed by atoms with Crippen LogP contribution in [0, 0.1) is 0 Å². The molecule has 4 aromatic rings. The summed E-state index contributed by atoms with van der Waals surface area (Å²) in [6.45, 7) is 1.66. The van der Waals surface area contributed by atoms with Crippen molar-refractivity contribution in [3.8, 4) is 23.0 Å². The quantitative estimate of drug-likeness (QED) is 0.232. The van der Waals surface area contributed by atoms with E-state index < -0.39 is 41.3 Å². The number of furan rings is 1. The minimum atomic E-state index is -5.09. The number of anilines is 1. The number of aromatic amines is 1. The number of piperazine rings is 1. The first kappa shape index (κ1) is 33.3.